The van der Waals surface area contributed by atoms with Crippen molar-refractivity contribution in [3.8, 4) is 17.0 Å². The lowest BCUT2D eigenvalue weighted by Crippen LogP contribution is -2.23. The number of nitrogens with zero attached hydrogens (tertiary/aromatic N) is 2. The number of H-pyrrole nitrogens is 1. The summed E-state index contributed by atoms with van der Waals surface area (Å²) < 4.78 is 78.2. The molecule has 36 heavy (non-hydrogen) atoms. The normalized spacial score (nSPS) is 11.5. The summed E-state index contributed by atoms with van der Waals surface area (Å²) in [6.45, 7) is 2.00. The molecule has 3 N–H and O–H groups in total. The number of rotatable bonds is 7. The first-order valence-corrected chi connectivity index (χ1v) is 12.1. The molecule has 0 bridgehead atoms. The van der Waals surface area contributed by atoms with Crippen LogP contribution in [-0.4, -0.2) is 43.2 Å². The number of aromatic amines is 1. The highest BCUT2D eigenvalue weighted by molar-refractivity contribution is 7.92. The number of carbonyl (C=O) groups excluding carboxylic acids is 1. The van der Waals surface area contributed by atoms with Crippen LogP contribution in [-0.2, 0) is 10.0 Å². The van der Waals surface area contributed by atoms with E-state index in [0.717, 1.165) is 30.5 Å². The zero-order valence-electron chi connectivity index (χ0n) is 18.6. The Morgan fingerprint density at radius 2 is 1.92 bits per heavy atom. The Morgan fingerprint density at radius 1 is 1.17 bits per heavy atom. The molecule has 4 aromatic rings. The molecule has 9 nitrogen and oxygen atoms in total. The number of benzene rings is 2. The predicted octanol–water partition coefficient (Wildman–Crippen LogP) is 4.25. The molecule has 0 radical (unpaired) electrons. The van der Waals surface area contributed by atoms with Gasteiger partial charge in [-0.3, -0.25) is 14.6 Å². The van der Waals surface area contributed by atoms with Gasteiger partial charge in [-0.25, -0.2) is 26.6 Å². The smallest absolute Gasteiger partial charge is 0.272 e. The van der Waals surface area contributed by atoms with Gasteiger partial charge in [0.2, 0.25) is 5.88 Å². The van der Waals surface area contributed by atoms with Crippen molar-refractivity contribution in [2.75, 3.05) is 18.4 Å². The van der Waals surface area contributed by atoms with Gasteiger partial charge >= 0.3 is 0 Å². The molecule has 0 aliphatic heterocycles. The number of nitrogens with one attached hydrogen (secondary N) is 3. The molecule has 0 aliphatic carbocycles. The zero-order valence-corrected chi connectivity index (χ0v) is 20.2. The number of ether oxygens (including phenoxy) is 1. The Hall–Kier alpha value is -3.84. The molecule has 188 valence electrons. The van der Waals surface area contributed by atoms with Crippen molar-refractivity contribution in [2.45, 2.75) is 11.8 Å². The van der Waals surface area contributed by atoms with Gasteiger partial charge < -0.3 is 10.1 Å². The van der Waals surface area contributed by atoms with Gasteiger partial charge in [-0.2, -0.15) is 5.10 Å². The van der Waals surface area contributed by atoms with Crippen molar-refractivity contribution in [1.82, 2.24) is 20.5 Å². The third-order valence-corrected chi connectivity index (χ3v) is 6.67. The highest BCUT2D eigenvalue weighted by atomic mass is 35.5. The molecule has 0 unspecified atom stereocenters. The Kier molecular flexibility index (Phi) is 6.78. The topological polar surface area (TPSA) is 126 Å². The lowest BCUT2D eigenvalue weighted by molar-refractivity contribution is 0.0952. The number of sulfonamides is 1. The molecule has 0 saturated carbocycles. The van der Waals surface area contributed by atoms with Crippen molar-refractivity contribution in [3.63, 3.8) is 0 Å². The van der Waals surface area contributed by atoms with E-state index >= 15 is 8.78 Å². The van der Waals surface area contributed by atoms with E-state index in [4.69, 9.17) is 16.3 Å². The van der Waals surface area contributed by atoms with Gasteiger partial charge in [0, 0.05) is 23.7 Å². The summed E-state index contributed by atoms with van der Waals surface area (Å²) in [6.07, 6.45) is 1.15. The van der Waals surface area contributed by atoms with Crippen LogP contribution in [0, 0.1) is 17.5 Å². The van der Waals surface area contributed by atoms with E-state index in [1.54, 1.807) is 6.92 Å². The third-order valence-electron chi connectivity index (χ3n) is 5.10. The lowest BCUT2D eigenvalue weighted by atomic mass is 10.0. The minimum absolute atomic E-state index is 0.0293. The molecular formula is C22H17ClF3N5O4S. The fraction of sp³-hybridized carbons (Fsp3) is 0.136. The summed E-state index contributed by atoms with van der Waals surface area (Å²) in [5.74, 6) is -4.49. The highest BCUT2D eigenvalue weighted by Gasteiger charge is 2.27. The largest absolute Gasteiger partial charge is 0.480 e. The predicted molar refractivity (Wildman–Crippen MR) is 126 cm³/mol. The Morgan fingerprint density at radius 3 is 2.61 bits per heavy atom. The number of amides is 1. The maximum absolute atomic E-state index is 15.4. The van der Waals surface area contributed by atoms with Crippen LogP contribution in [0.1, 0.15) is 17.4 Å². The van der Waals surface area contributed by atoms with Gasteiger partial charge in [-0.15, -0.1) is 0 Å². The number of fused-ring (bicyclic) bond motifs is 1. The van der Waals surface area contributed by atoms with Crippen molar-refractivity contribution in [2.24, 2.45) is 0 Å². The molecule has 0 atom stereocenters. The van der Waals surface area contributed by atoms with Crippen LogP contribution in [0.3, 0.4) is 0 Å². The average molecular weight is 540 g/mol. The summed E-state index contributed by atoms with van der Waals surface area (Å²) in [7, 11) is -3.33. The summed E-state index contributed by atoms with van der Waals surface area (Å²) >= 11 is 5.84. The van der Waals surface area contributed by atoms with Gasteiger partial charge in [-0.1, -0.05) is 17.7 Å². The molecule has 4 rings (SSSR count). The fourth-order valence-electron chi connectivity index (χ4n) is 3.50. The van der Waals surface area contributed by atoms with Gasteiger partial charge in [0.15, 0.2) is 22.2 Å². The molecule has 0 fully saturated rings. The maximum atomic E-state index is 15.4. The van der Waals surface area contributed by atoms with Crippen molar-refractivity contribution in [1.29, 1.82) is 0 Å². The molecule has 14 heteroatoms. The minimum Gasteiger partial charge on any atom is -0.480 e. The molecule has 1 amide bonds. The number of anilines is 1. The van der Waals surface area contributed by atoms with Crippen LogP contribution in [0.25, 0.3) is 22.0 Å². The van der Waals surface area contributed by atoms with E-state index in [0.29, 0.717) is 6.54 Å². The summed E-state index contributed by atoms with van der Waals surface area (Å²) in [5, 5.41) is 8.75. The van der Waals surface area contributed by atoms with Gasteiger partial charge in [-0.05, 0) is 31.2 Å². The maximum Gasteiger partial charge on any atom is 0.272 e. The number of aromatic nitrogens is 3. The molecule has 2 heterocycles. The standard InChI is InChI=1S/C22H17ClF3N5O4S/c1-3-27-21(32)20-12-5-4-11(17(25)19(12)29-30-20)16-13(24)6-7-14(18(16)26)31-36(33,34)15-8-10(23)9-28-22(15)35-2/h4-9,31H,3H2,1-2H3,(H,27,32)(H,29,30). The number of halogens is 4. The Bertz CT molecular complexity index is 1610. The van der Waals surface area contributed by atoms with Gasteiger partial charge in [0.25, 0.3) is 15.9 Å². The van der Waals surface area contributed by atoms with Crippen LogP contribution in [0.5, 0.6) is 5.88 Å². The van der Waals surface area contributed by atoms with Gasteiger partial charge in [0.1, 0.15) is 11.3 Å². The van der Waals surface area contributed by atoms with E-state index in [9.17, 15) is 17.6 Å². The molecule has 0 saturated heterocycles. The van der Waals surface area contributed by atoms with Crippen molar-refractivity contribution >= 4 is 44.1 Å². The van der Waals surface area contributed by atoms with E-state index in [1.807, 2.05) is 4.72 Å². The third kappa shape index (κ3) is 4.42. The number of hydrogen-bond acceptors (Lipinski definition) is 6. The minimum atomic E-state index is -4.51. The number of hydrogen-bond donors (Lipinski definition) is 3. The fourth-order valence-corrected chi connectivity index (χ4v) is 4.92. The van der Waals surface area contributed by atoms with Crippen LogP contribution in [0.4, 0.5) is 18.9 Å². The summed E-state index contributed by atoms with van der Waals surface area (Å²) in [4.78, 5) is 15.4. The van der Waals surface area contributed by atoms with Crippen molar-refractivity contribution in [3.05, 3.63) is 64.7 Å². The second kappa shape index (κ2) is 9.66. The first-order chi connectivity index (χ1) is 17.1. The van der Waals surface area contributed by atoms with Crippen molar-refractivity contribution < 1.29 is 31.1 Å². The second-order valence-corrected chi connectivity index (χ2v) is 9.42. The monoisotopic (exact) mass is 539 g/mol. The van der Waals surface area contributed by atoms with Crippen LogP contribution >= 0.6 is 11.6 Å². The molecule has 0 spiro atoms. The molecular weight excluding hydrogens is 523 g/mol. The summed E-state index contributed by atoms with van der Waals surface area (Å²) in [5.41, 5.74) is -2.37. The number of methoxy groups -OCH3 is 1. The van der Waals surface area contributed by atoms with Crippen LogP contribution < -0.4 is 14.8 Å². The highest BCUT2D eigenvalue weighted by Crippen LogP contribution is 2.36. The van der Waals surface area contributed by atoms with Crippen LogP contribution in [0.2, 0.25) is 5.02 Å². The number of carbonyl (C=O) groups is 1. The second-order valence-electron chi connectivity index (χ2n) is 7.33. The number of pyridine rings is 1. The van der Waals surface area contributed by atoms with Crippen LogP contribution in [0.15, 0.2) is 41.4 Å². The van der Waals surface area contributed by atoms with E-state index < -0.39 is 55.1 Å². The van der Waals surface area contributed by atoms with E-state index in [1.165, 1.54) is 13.2 Å². The molecule has 0 aliphatic rings. The lowest BCUT2D eigenvalue weighted by Gasteiger charge is -2.14. The quantitative estimate of drug-likeness (QED) is 0.322. The van der Waals surface area contributed by atoms with E-state index in [2.05, 4.69) is 20.5 Å². The Balaban J connectivity index is 1.80. The zero-order chi connectivity index (χ0) is 26.2. The molecule has 2 aromatic heterocycles. The first-order valence-electron chi connectivity index (χ1n) is 10.2. The van der Waals surface area contributed by atoms with E-state index in [-0.39, 0.29) is 27.5 Å². The summed E-state index contributed by atoms with van der Waals surface area (Å²) in [6, 6.07) is 5.01. The first kappa shape index (κ1) is 25.3. The molecule has 2 aromatic carbocycles. The Labute approximate surface area is 207 Å². The SMILES string of the molecule is CCNC(=O)c1n[nH]c2c(F)c(-c3c(F)ccc(NS(=O)(=O)c4cc(Cl)cnc4OC)c3F)ccc12. The average Bonchev–Trinajstić information content (AvgIpc) is 3.27. The van der Waals surface area contributed by atoms with Gasteiger partial charge in [0.05, 0.1) is 23.4 Å².